The molecule has 1 N–H and O–H groups in total. The summed E-state index contributed by atoms with van der Waals surface area (Å²) >= 11 is 0. The van der Waals surface area contributed by atoms with Crippen molar-refractivity contribution in [2.45, 2.75) is 27.2 Å². The van der Waals surface area contributed by atoms with E-state index in [1.54, 1.807) is 24.3 Å². The van der Waals surface area contributed by atoms with Gasteiger partial charge in [-0.15, -0.1) is 0 Å². The third kappa shape index (κ3) is 6.61. The average Bonchev–Trinajstić information content (AvgIpc) is 2.29. The third-order valence-corrected chi connectivity index (χ3v) is 2.45. The fraction of sp³-hybridized carbons (Fsp3) is 0.500. The minimum atomic E-state index is -0.889. The third-order valence-electron chi connectivity index (χ3n) is 2.45. The Morgan fingerprint density at radius 2 is 1.65 bits per heavy atom. The van der Waals surface area contributed by atoms with E-state index in [0.717, 1.165) is 11.6 Å². The predicted octanol–water partition coefficient (Wildman–Crippen LogP) is 3.50. The lowest BCUT2D eigenvalue weighted by Gasteiger charge is -2.11. The molecule has 1 aromatic carbocycles. The van der Waals surface area contributed by atoms with Crippen LogP contribution < -0.4 is 4.90 Å². The molecule has 0 spiro atoms. The second kappa shape index (κ2) is 7.71. The van der Waals surface area contributed by atoms with Crippen LogP contribution in [0.4, 0.5) is 5.69 Å². The molecule has 0 aliphatic heterocycles. The maximum Gasteiger partial charge on any atom is 0.335 e. The molecule has 0 saturated carbocycles. The molecular formula is C14H23NO2. The fourth-order valence-electron chi connectivity index (χ4n) is 0.902. The number of hydrogen-bond acceptors (Lipinski definition) is 2. The van der Waals surface area contributed by atoms with Crippen molar-refractivity contribution in [3.63, 3.8) is 0 Å². The molecule has 1 aromatic rings. The van der Waals surface area contributed by atoms with E-state index in [9.17, 15) is 4.79 Å². The highest BCUT2D eigenvalue weighted by atomic mass is 16.4. The lowest BCUT2D eigenvalue weighted by Crippen LogP contribution is -2.08. The minimum Gasteiger partial charge on any atom is -0.478 e. The van der Waals surface area contributed by atoms with Gasteiger partial charge in [-0.05, 0) is 30.2 Å². The number of rotatable bonds is 3. The van der Waals surface area contributed by atoms with Crippen molar-refractivity contribution in [1.82, 2.24) is 0 Å². The van der Waals surface area contributed by atoms with Gasteiger partial charge in [-0.25, -0.2) is 4.79 Å². The van der Waals surface area contributed by atoms with Crippen LogP contribution in [0.25, 0.3) is 0 Å². The normalized spacial score (nSPS) is 9.53. The van der Waals surface area contributed by atoms with E-state index in [0.29, 0.717) is 5.56 Å². The van der Waals surface area contributed by atoms with E-state index in [1.165, 1.54) is 6.42 Å². The molecule has 0 atom stereocenters. The number of carboxylic acids is 1. The molecule has 0 amide bonds. The molecule has 0 bridgehead atoms. The maximum absolute atomic E-state index is 10.5. The number of nitrogens with zero attached hydrogens (tertiary/aromatic N) is 1. The van der Waals surface area contributed by atoms with Gasteiger partial charge in [0.2, 0.25) is 0 Å². The van der Waals surface area contributed by atoms with Gasteiger partial charge in [0.1, 0.15) is 0 Å². The first-order valence-electron chi connectivity index (χ1n) is 5.89. The summed E-state index contributed by atoms with van der Waals surface area (Å²) in [5.74, 6) is -0.00435. The number of benzene rings is 1. The Labute approximate surface area is 104 Å². The number of carbonyl (C=O) groups is 1. The van der Waals surface area contributed by atoms with E-state index in [2.05, 4.69) is 20.8 Å². The zero-order valence-corrected chi connectivity index (χ0v) is 11.4. The zero-order valence-electron chi connectivity index (χ0n) is 11.4. The number of carboxylic acid groups (broad SMARTS) is 1. The van der Waals surface area contributed by atoms with E-state index in [1.807, 2.05) is 19.0 Å². The Morgan fingerprint density at radius 1 is 1.24 bits per heavy atom. The predicted molar refractivity (Wildman–Crippen MR) is 72.9 cm³/mol. The highest BCUT2D eigenvalue weighted by Crippen LogP contribution is 2.11. The molecular weight excluding hydrogens is 214 g/mol. The van der Waals surface area contributed by atoms with Crippen LogP contribution in [0, 0.1) is 5.92 Å². The molecule has 0 saturated heterocycles. The van der Waals surface area contributed by atoms with Crippen molar-refractivity contribution in [2.24, 2.45) is 5.92 Å². The minimum absolute atomic E-state index is 0.320. The summed E-state index contributed by atoms with van der Waals surface area (Å²) in [6.07, 6.45) is 1.31. The summed E-state index contributed by atoms with van der Waals surface area (Å²) in [5.41, 5.74) is 1.32. The van der Waals surface area contributed by atoms with Gasteiger partial charge in [0.15, 0.2) is 0 Å². The summed E-state index contributed by atoms with van der Waals surface area (Å²) in [7, 11) is 3.82. The fourth-order valence-corrected chi connectivity index (χ4v) is 0.902. The van der Waals surface area contributed by atoms with Crippen LogP contribution in [-0.2, 0) is 0 Å². The molecule has 3 heteroatoms. The van der Waals surface area contributed by atoms with Crippen LogP contribution in [0.5, 0.6) is 0 Å². The molecule has 0 unspecified atom stereocenters. The molecule has 1 rings (SSSR count). The quantitative estimate of drug-likeness (QED) is 0.874. The van der Waals surface area contributed by atoms with E-state index in [4.69, 9.17) is 5.11 Å². The largest absolute Gasteiger partial charge is 0.478 e. The lowest BCUT2D eigenvalue weighted by atomic mass is 10.2. The molecule has 0 aromatic heterocycles. The average molecular weight is 237 g/mol. The molecule has 3 nitrogen and oxygen atoms in total. The molecule has 0 radical (unpaired) electrons. The van der Waals surface area contributed by atoms with Gasteiger partial charge in [-0.2, -0.15) is 0 Å². The first-order chi connectivity index (χ1) is 7.88. The topological polar surface area (TPSA) is 40.5 Å². The van der Waals surface area contributed by atoms with Crippen molar-refractivity contribution in [2.75, 3.05) is 19.0 Å². The van der Waals surface area contributed by atoms with Crippen molar-refractivity contribution >= 4 is 11.7 Å². The molecule has 0 heterocycles. The van der Waals surface area contributed by atoms with Gasteiger partial charge < -0.3 is 10.0 Å². The first kappa shape index (κ1) is 15.5. The Morgan fingerprint density at radius 3 is 1.88 bits per heavy atom. The summed E-state index contributed by atoms with van der Waals surface area (Å²) < 4.78 is 0. The van der Waals surface area contributed by atoms with Gasteiger partial charge in [-0.3, -0.25) is 0 Å². The summed E-state index contributed by atoms with van der Waals surface area (Å²) in [6, 6.07) is 6.75. The summed E-state index contributed by atoms with van der Waals surface area (Å²) in [6.45, 7) is 6.64. The standard InChI is InChI=1S/C9H11NO2.C5H12/c1-10(2)8-5-3-7(4-6-8)9(11)12;1-4-5(2)3/h3-6H,1-2H3,(H,11,12);5H,4H2,1-3H3. The summed E-state index contributed by atoms with van der Waals surface area (Å²) in [4.78, 5) is 12.4. The van der Waals surface area contributed by atoms with E-state index >= 15 is 0 Å². The smallest absolute Gasteiger partial charge is 0.335 e. The molecule has 0 fully saturated rings. The van der Waals surface area contributed by atoms with Crippen LogP contribution in [0.3, 0.4) is 0 Å². The van der Waals surface area contributed by atoms with Crippen LogP contribution in [0.15, 0.2) is 24.3 Å². The number of hydrogen-bond donors (Lipinski definition) is 1. The van der Waals surface area contributed by atoms with Crippen molar-refractivity contribution < 1.29 is 9.90 Å². The number of aromatic carboxylic acids is 1. The van der Waals surface area contributed by atoms with Gasteiger partial charge >= 0.3 is 5.97 Å². The Balaban J connectivity index is 0.000000437. The van der Waals surface area contributed by atoms with Gasteiger partial charge in [0, 0.05) is 19.8 Å². The monoisotopic (exact) mass is 237 g/mol. The molecule has 96 valence electrons. The Kier molecular flexibility index (Phi) is 7.03. The van der Waals surface area contributed by atoms with Crippen LogP contribution >= 0.6 is 0 Å². The Hall–Kier alpha value is -1.51. The number of anilines is 1. The maximum atomic E-state index is 10.5. The van der Waals surface area contributed by atoms with Crippen molar-refractivity contribution in [3.05, 3.63) is 29.8 Å². The van der Waals surface area contributed by atoms with Gasteiger partial charge in [0.25, 0.3) is 0 Å². The first-order valence-corrected chi connectivity index (χ1v) is 5.89. The van der Waals surface area contributed by atoms with Crippen LogP contribution in [0.1, 0.15) is 37.6 Å². The second-order valence-electron chi connectivity index (χ2n) is 4.55. The van der Waals surface area contributed by atoms with Crippen LogP contribution in [0.2, 0.25) is 0 Å². The highest BCUT2D eigenvalue weighted by molar-refractivity contribution is 5.88. The van der Waals surface area contributed by atoms with Gasteiger partial charge in [-0.1, -0.05) is 27.2 Å². The van der Waals surface area contributed by atoms with Crippen molar-refractivity contribution in [1.29, 1.82) is 0 Å². The SMILES string of the molecule is CCC(C)C.CN(C)c1ccc(C(=O)O)cc1. The van der Waals surface area contributed by atoms with Gasteiger partial charge in [0.05, 0.1) is 5.56 Å². The van der Waals surface area contributed by atoms with Crippen LogP contribution in [-0.4, -0.2) is 25.2 Å². The summed E-state index contributed by atoms with van der Waals surface area (Å²) in [5, 5.41) is 8.60. The zero-order chi connectivity index (χ0) is 13.4. The van der Waals surface area contributed by atoms with Crippen molar-refractivity contribution in [3.8, 4) is 0 Å². The highest BCUT2D eigenvalue weighted by Gasteiger charge is 2.01. The molecule has 17 heavy (non-hydrogen) atoms. The second-order valence-corrected chi connectivity index (χ2v) is 4.55. The molecule has 0 aliphatic carbocycles. The molecule has 0 aliphatic rings. The Bertz CT molecular complexity index is 329. The van der Waals surface area contributed by atoms with E-state index < -0.39 is 5.97 Å². The lowest BCUT2D eigenvalue weighted by molar-refractivity contribution is 0.0697. The van der Waals surface area contributed by atoms with E-state index in [-0.39, 0.29) is 0 Å².